The van der Waals surface area contributed by atoms with Crippen molar-refractivity contribution in [2.45, 2.75) is 25.7 Å². The third kappa shape index (κ3) is 1.60. The van der Waals surface area contributed by atoms with E-state index in [0.717, 1.165) is 17.7 Å². The average molecular weight is 230 g/mol. The van der Waals surface area contributed by atoms with Crippen LogP contribution in [0.5, 0.6) is 0 Å². The van der Waals surface area contributed by atoms with Gasteiger partial charge in [-0.3, -0.25) is 4.79 Å². The third-order valence-electron chi connectivity index (χ3n) is 2.48. The van der Waals surface area contributed by atoms with Crippen molar-refractivity contribution in [3.8, 4) is 0 Å². The highest BCUT2D eigenvalue weighted by molar-refractivity contribution is 7.15. The predicted octanol–water partition coefficient (Wildman–Crippen LogP) is 2.42. The Morgan fingerprint density at radius 2 is 2.29 bits per heavy atom. The molecule has 2 rings (SSSR count). The number of nitrogens with two attached hydrogens (primary N) is 1. The van der Waals surface area contributed by atoms with Gasteiger partial charge < -0.3 is 5.73 Å². The fourth-order valence-electron chi connectivity index (χ4n) is 1.79. The molecule has 0 radical (unpaired) electrons. The van der Waals surface area contributed by atoms with Gasteiger partial charge in [-0.05, 0) is 31.4 Å². The van der Waals surface area contributed by atoms with E-state index in [1.807, 2.05) is 0 Å². The zero-order valence-corrected chi connectivity index (χ0v) is 9.38. The van der Waals surface area contributed by atoms with E-state index < -0.39 is 0 Å². The molecule has 1 aromatic heterocycles. The Balaban J connectivity index is 2.32. The fraction of sp³-hybridized carbons (Fsp3) is 0.500. The molecule has 0 fully saturated rings. The first kappa shape index (κ1) is 10.1. The molecule has 0 aliphatic heterocycles. The largest absolute Gasteiger partial charge is 0.330 e. The van der Waals surface area contributed by atoms with Crippen molar-refractivity contribution < 1.29 is 4.79 Å². The van der Waals surface area contributed by atoms with Gasteiger partial charge in [0.05, 0.1) is 9.90 Å². The maximum absolute atomic E-state index is 11.6. The van der Waals surface area contributed by atoms with Gasteiger partial charge in [0.25, 0.3) is 0 Å². The Morgan fingerprint density at radius 1 is 1.50 bits per heavy atom. The summed E-state index contributed by atoms with van der Waals surface area (Å²) in [6, 6.07) is 0. The van der Waals surface area contributed by atoms with Gasteiger partial charge in [0, 0.05) is 11.3 Å². The molecule has 0 unspecified atom stereocenters. The van der Waals surface area contributed by atoms with E-state index in [9.17, 15) is 4.79 Å². The molecule has 0 amide bonds. The number of rotatable bonds is 3. The lowest BCUT2D eigenvalue weighted by Gasteiger charge is -1.96. The van der Waals surface area contributed by atoms with Crippen molar-refractivity contribution in [1.29, 1.82) is 0 Å². The molecule has 76 valence electrons. The first-order chi connectivity index (χ1) is 6.74. The van der Waals surface area contributed by atoms with E-state index in [1.165, 1.54) is 16.9 Å². The number of fused-ring (bicyclic) bond motifs is 1. The standard InChI is InChI=1S/C10H12ClNOS/c11-9-6-2-1-3-8(6)14-10(9)7(13)4-5-12/h1-5,12H2. The van der Waals surface area contributed by atoms with E-state index >= 15 is 0 Å². The molecule has 1 aliphatic carbocycles. The number of ketones is 1. The molecule has 0 saturated heterocycles. The number of aryl methyl sites for hydroxylation is 1. The summed E-state index contributed by atoms with van der Waals surface area (Å²) >= 11 is 7.71. The number of carbonyl (C=O) groups is 1. The van der Waals surface area contributed by atoms with Crippen molar-refractivity contribution in [3.05, 3.63) is 20.3 Å². The van der Waals surface area contributed by atoms with Crippen LogP contribution in [-0.4, -0.2) is 12.3 Å². The summed E-state index contributed by atoms with van der Waals surface area (Å²) in [6.07, 6.45) is 3.68. The molecule has 1 aliphatic rings. The summed E-state index contributed by atoms with van der Waals surface area (Å²) in [7, 11) is 0. The second-order valence-electron chi connectivity index (χ2n) is 3.46. The van der Waals surface area contributed by atoms with Gasteiger partial charge in [0.2, 0.25) is 0 Å². The van der Waals surface area contributed by atoms with Crippen LogP contribution in [0.4, 0.5) is 0 Å². The lowest BCUT2D eigenvalue weighted by atomic mass is 10.2. The van der Waals surface area contributed by atoms with Gasteiger partial charge in [-0.1, -0.05) is 11.6 Å². The Labute approximate surface area is 92.1 Å². The minimum Gasteiger partial charge on any atom is -0.330 e. The summed E-state index contributed by atoms with van der Waals surface area (Å²) in [5.41, 5.74) is 6.55. The van der Waals surface area contributed by atoms with Crippen LogP contribution in [0.2, 0.25) is 5.02 Å². The Bertz CT molecular complexity index is 372. The minimum atomic E-state index is 0.0944. The molecule has 0 atom stereocenters. The van der Waals surface area contributed by atoms with Crippen LogP contribution in [0, 0.1) is 0 Å². The molecule has 2 nitrogen and oxygen atoms in total. The molecule has 2 N–H and O–H groups in total. The van der Waals surface area contributed by atoms with E-state index in [0.29, 0.717) is 18.0 Å². The van der Waals surface area contributed by atoms with Gasteiger partial charge in [-0.2, -0.15) is 0 Å². The van der Waals surface area contributed by atoms with Crippen LogP contribution < -0.4 is 5.73 Å². The van der Waals surface area contributed by atoms with Crippen LogP contribution in [0.15, 0.2) is 0 Å². The highest BCUT2D eigenvalue weighted by atomic mass is 35.5. The van der Waals surface area contributed by atoms with Crippen molar-refractivity contribution >= 4 is 28.7 Å². The second-order valence-corrected chi connectivity index (χ2v) is 4.95. The quantitative estimate of drug-likeness (QED) is 0.809. The summed E-state index contributed by atoms with van der Waals surface area (Å²) in [6.45, 7) is 0.401. The van der Waals surface area contributed by atoms with Crippen LogP contribution in [-0.2, 0) is 12.8 Å². The molecule has 0 spiro atoms. The van der Waals surface area contributed by atoms with Gasteiger partial charge in [0.15, 0.2) is 5.78 Å². The van der Waals surface area contributed by atoms with E-state index in [2.05, 4.69) is 0 Å². The third-order valence-corrected chi connectivity index (χ3v) is 4.34. The van der Waals surface area contributed by atoms with Crippen molar-refractivity contribution in [2.24, 2.45) is 5.73 Å². The molecule has 4 heteroatoms. The molecule has 0 bridgehead atoms. The van der Waals surface area contributed by atoms with Gasteiger partial charge in [-0.25, -0.2) is 0 Å². The smallest absolute Gasteiger partial charge is 0.175 e. The van der Waals surface area contributed by atoms with E-state index in [-0.39, 0.29) is 5.78 Å². The molecule has 0 saturated carbocycles. The highest BCUT2D eigenvalue weighted by Gasteiger charge is 2.23. The monoisotopic (exact) mass is 229 g/mol. The Kier molecular flexibility index (Phi) is 2.91. The molecular weight excluding hydrogens is 218 g/mol. The maximum Gasteiger partial charge on any atom is 0.175 e. The Hall–Kier alpha value is -0.380. The maximum atomic E-state index is 11.6. The van der Waals surface area contributed by atoms with Crippen molar-refractivity contribution in [3.63, 3.8) is 0 Å². The zero-order valence-electron chi connectivity index (χ0n) is 7.81. The molecule has 1 aromatic rings. The summed E-state index contributed by atoms with van der Waals surface area (Å²) in [5, 5.41) is 0.695. The van der Waals surface area contributed by atoms with Gasteiger partial charge in [-0.15, -0.1) is 11.3 Å². The molecule has 1 heterocycles. The minimum absolute atomic E-state index is 0.0944. The summed E-state index contributed by atoms with van der Waals surface area (Å²) in [4.78, 5) is 13.6. The number of thiophene rings is 1. The zero-order chi connectivity index (χ0) is 10.1. The van der Waals surface area contributed by atoms with Crippen LogP contribution in [0.25, 0.3) is 0 Å². The molecular formula is C10H12ClNOS. The second kappa shape index (κ2) is 4.01. The SMILES string of the molecule is NCCC(=O)c1sc2c(c1Cl)CCC2. The Morgan fingerprint density at radius 3 is 2.93 bits per heavy atom. The number of carbonyl (C=O) groups excluding carboxylic acids is 1. The topological polar surface area (TPSA) is 43.1 Å². The lowest BCUT2D eigenvalue weighted by molar-refractivity contribution is 0.0989. The normalized spacial score (nSPS) is 14.4. The first-order valence-corrected chi connectivity index (χ1v) is 5.96. The number of Topliss-reactive ketones (excluding diaryl/α,β-unsaturated/α-hetero) is 1. The van der Waals surface area contributed by atoms with Gasteiger partial charge in [0.1, 0.15) is 0 Å². The van der Waals surface area contributed by atoms with Crippen LogP contribution in [0.3, 0.4) is 0 Å². The predicted molar refractivity (Wildman–Crippen MR) is 59.4 cm³/mol. The summed E-state index contributed by atoms with van der Waals surface area (Å²) < 4.78 is 0. The average Bonchev–Trinajstić information content (AvgIpc) is 2.69. The first-order valence-electron chi connectivity index (χ1n) is 4.77. The highest BCUT2D eigenvalue weighted by Crippen LogP contribution is 2.39. The molecule has 14 heavy (non-hydrogen) atoms. The fourth-order valence-corrected chi connectivity index (χ4v) is 3.52. The van der Waals surface area contributed by atoms with E-state index in [4.69, 9.17) is 17.3 Å². The van der Waals surface area contributed by atoms with Crippen LogP contribution >= 0.6 is 22.9 Å². The number of hydrogen-bond acceptors (Lipinski definition) is 3. The lowest BCUT2D eigenvalue weighted by Crippen LogP contribution is -2.07. The molecule has 0 aromatic carbocycles. The van der Waals surface area contributed by atoms with Gasteiger partial charge >= 0.3 is 0 Å². The van der Waals surface area contributed by atoms with Crippen LogP contribution in [0.1, 0.15) is 33.0 Å². The van der Waals surface area contributed by atoms with Crippen molar-refractivity contribution in [2.75, 3.05) is 6.54 Å². The van der Waals surface area contributed by atoms with E-state index in [1.54, 1.807) is 11.3 Å². The number of halogens is 1. The number of hydrogen-bond donors (Lipinski definition) is 1. The van der Waals surface area contributed by atoms with Crippen molar-refractivity contribution in [1.82, 2.24) is 0 Å². The summed E-state index contributed by atoms with van der Waals surface area (Å²) in [5.74, 6) is 0.0944.